The Balaban J connectivity index is 1.42. The highest BCUT2D eigenvalue weighted by molar-refractivity contribution is 6.30. The molecule has 1 aliphatic carbocycles. The summed E-state index contributed by atoms with van der Waals surface area (Å²) in [6.45, 7) is 2.94. The molecule has 0 aromatic heterocycles. The van der Waals surface area contributed by atoms with Gasteiger partial charge in [-0.15, -0.1) is 0 Å². The second kappa shape index (κ2) is 8.06. The van der Waals surface area contributed by atoms with E-state index in [0.29, 0.717) is 13.1 Å². The molecule has 2 atom stereocenters. The number of nitrogens with one attached hydrogen (secondary N) is 1. The first kappa shape index (κ1) is 18.0. The fourth-order valence-corrected chi connectivity index (χ4v) is 3.67. The first-order chi connectivity index (χ1) is 12.0. The Labute approximate surface area is 153 Å². The zero-order valence-corrected chi connectivity index (χ0v) is 15.0. The molecular formula is C18H25ClN4O2. The van der Waals surface area contributed by atoms with Crippen molar-refractivity contribution < 1.29 is 9.59 Å². The molecule has 2 fully saturated rings. The Morgan fingerprint density at radius 3 is 2.40 bits per heavy atom. The summed E-state index contributed by atoms with van der Waals surface area (Å²) in [4.78, 5) is 28.5. The third-order valence-corrected chi connectivity index (χ3v) is 5.33. The van der Waals surface area contributed by atoms with E-state index in [-0.39, 0.29) is 30.3 Å². The fourth-order valence-electron chi connectivity index (χ4n) is 3.54. The third kappa shape index (κ3) is 4.64. The van der Waals surface area contributed by atoms with Crippen LogP contribution in [0.3, 0.4) is 0 Å². The predicted molar refractivity (Wildman–Crippen MR) is 98.6 cm³/mol. The zero-order chi connectivity index (χ0) is 17.8. The lowest BCUT2D eigenvalue weighted by Crippen LogP contribution is -2.51. The normalized spacial score (nSPS) is 23.6. The van der Waals surface area contributed by atoms with Gasteiger partial charge in [-0.25, -0.2) is 0 Å². The molecule has 1 aromatic carbocycles. The van der Waals surface area contributed by atoms with Crippen LogP contribution in [0.1, 0.15) is 19.3 Å². The van der Waals surface area contributed by atoms with Crippen molar-refractivity contribution in [2.45, 2.75) is 25.3 Å². The topological polar surface area (TPSA) is 78.7 Å². The van der Waals surface area contributed by atoms with Gasteiger partial charge in [0.2, 0.25) is 11.8 Å². The Kier molecular flexibility index (Phi) is 5.81. The van der Waals surface area contributed by atoms with Gasteiger partial charge in [-0.05, 0) is 43.5 Å². The summed E-state index contributed by atoms with van der Waals surface area (Å²) in [5.74, 6) is -0.1000. The predicted octanol–water partition coefficient (Wildman–Crippen LogP) is 1.23. The molecular weight excluding hydrogens is 340 g/mol. The summed E-state index contributed by atoms with van der Waals surface area (Å²) in [6, 6.07) is 7.85. The van der Waals surface area contributed by atoms with E-state index < -0.39 is 0 Å². The lowest BCUT2D eigenvalue weighted by molar-refractivity contribution is -0.134. The molecule has 3 N–H and O–H groups in total. The smallest absolute Gasteiger partial charge is 0.242 e. The Morgan fingerprint density at radius 1 is 1.12 bits per heavy atom. The van der Waals surface area contributed by atoms with Gasteiger partial charge in [0.05, 0.1) is 6.54 Å². The summed E-state index contributed by atoms with van der Waals surface area (Å²) in [5.41, 5.74) is 6.95. The summed E-state index contributed by atoms with van der Waals surface area (Å²) >= 11 is 5.92. The molecule has 136 valence electrons. The van der Waals surface area contributed by atoms with E-state index in [1.165, 1.54) is 0 Å². The minimum absolute atomic E-state index is 0.0219. The summed E-state index contributed by atoms with van der Waals surface area (Å²) < 4.78 is 0. The molecule has 1 saturated carbocycles. The van der Waals surface area contributed by atoms with Gasteiger partial charge in [0.15, 0.2) is 0 Å². The summed E-state index contributed by atoms with van der Waals surface area (Å²) in [5, 5.41) is 3.50. The van der Waals surface area contributed by atoms with E-state index in [2.05, 4.69) is 10.2 Å². The van der Waals surface area contributed by atoms with E-state index in [1.54, 1.807) is 0 Å². The second-order valence-corrected chi connectivity index (χ2v) is 7.27. The van der Waals surface area contributed by atoms with Crippen molar-refractivity contribution in [1.82, 2.24) is 10.2 Å². The van der Waals surface area contributed by atoms with E-state index in [1.807, 2.05) is 29.2 Å². The van der Waals surface area contributed by atoms with Crippen LogP contribution in [0.2, 0.25) is 5.02 Å². The van der Waals surface area contributed by atoms with Gasteiger partial charge in [0.25, 0.3) is 0 Å². The standard InChI is InChI=1S/C18H25ClN4O2/c19-14-2-5-16(6-3-14)22-7-9-23(10-8-22)17(24)12-21-18(25)13-1-4-15(20)11-13/h2-3,5-6,13,15H,1,4,7-12,20H2,(H,21,25). The van der Waals surface area contributed by atoms with Crippen LogP contribution in [0.15, 0.2) is 24.3 Å². The molecule has 1 heterocycles. The van der Waals surface area contributed by atoms with Crippen LogP contribution in [0.5, 0.6) is 0 Å². The third-order valence-electron chi connectivity index (χ3n) is 5.08. The van der Waals surface area contributed by atoms with Crippen LogP contribution in [-0.4, -0.2) is 55.5 Å². The van der Waals surface area contributed by atoms with Crippen molar-refractivity contribution >= 4 is 29.1 Å². The molecule has 1 aromatic rings. The van der Waals surface area contributed by atoms with Crippen LogP contribution < -0.4 is 16.0 Å². The van der Waals surface area contributed by atoms with Crippen molar-refractivity contribution in [3.05, 3.63) is 29.3 Å². The van der Waals surface area contributed by atoms with E-state index in [0.717, 1.165) is 43.1 Å². The van der Waals surface area contributed by atoms with Crippen molar-refractivity contribution in [1.29, 1.82) is 0 Å². The van der Waals surface area contributed by atoms with Gasteiger partial charge in [-0.3, -0.25) is 9.59 Å². The maximum absolute atomic E-state index is 12.3. The molecule has 2 aliphatic rings. The first-order valence-electron chi connectivity index (χ1n) is 8.84. The van der Waals surface area contributed by atoms with Gasteiger partial charge >= 0.3 is 0 Å². The number of carbonyl (C=O) groups is 2. The molecule has 6 nitrogen and oxygen atoms in total. The van der Waals surface area contributed by atoms with E-state index in [4.69, 9.17) is 17.3 Å². The summed E-state index contributed by atoms with van der Waals surface area (Å²) in [6.07, 6.45) is 2.43. The number of halogens is 1. The lowest BCUT2D eigenvalue weighted by Gasteiger charge is -2.36. The molecule has 0 spiro atoms. The molecule has 1 saturated heterocycles. The largest absolute Gasteiger partial charge is 0.368 e. The number of anilines is 1. The fraction of sp³-hybridized carbons (Fsp3) is 0.556. The quantitative estimate of drug-likeness (QED) is 0.842. The highest BCUT2D eigenvalue weighted by atomic mass is 35.5. The lowest BCUT2D eigenvalue weighted by atomic mass is 10.1. The first-order valence-corrected chi connectivity index (χ1v) is 9.22. The van der Waals surface area contributed by atoms with Crippen molar-refractivity contribution in [3.63, 3.8) is 0 Å². The molecule has 7 heteroatoms. The number of rotatable bonds is 4. The molecule has 2 amide bonds. The number of carbonyl (C=O) groups excluding carboxylic acids is 2. The number of hydrogen-bond donors (Lipinski definition) is 2. The second-order valence-electron chi connectivity index (χ2n) is 6.83. The van der Waals surface area contributed by atoms with Crippen molar-refractivity contribution in [3.8, 4) is 0 Å². The maximum Gasteiger partial charge on any atom is 0.242 e. The summed E-state index contributed by atoms with van der Waals surface area (Å²) in [7, 11) is 0. The van der Waals surface area contributed by atoms with Gasteiger partial charge in [0.1, 0.15) is 0 Å². The van der Waals surface area contributed by atoms with Crippen LogP contribution in [-0.2, 0) is 9.59 Å². The van der Waals surface area contributed by atoms with Gasteiger partial charge in [-0.1, -0.05) is 11.6 Å². The monoisotopic (exact) mass is 364 g/mol. The van der Waals surface area contributed by atoms with E-state index in [9.17, 15) is 9.59 Å². The van der Waals surface area contributed by atoms with Crippen LogP contribution in [0.4, 0.5) is 5.69 Å². The zero-order valence-electron chi connectivity index (χ0n) is 14.3. The minimum Gasteiger partial charge on any atom is -0.368 e. The Morgan fingerprint density at radius 2 is 1.80 bits per heavy atom. The Hall–Kier alpha value is -1.79. The SMILES string of the molecule is NC1CCC(C(=O)NCC(=O)N2CCN(c3ccc(Cl)cc3)CC2)C1. The van der Waals surface area contributed by atoms with Crippen molar-refractivity contribution in [2.24, 2.45) is 11.7 Å². The number of nitrogens with two attached hydrogens (primary N) is 1. The van der Waals surface area contributed by atoms with Crippen LogP contribution in [0, 0.1) is 5.92 Å². The maximum atomic E-state index is 12.3. The number of hydrogen-bond acceptors (Lipinski definition) is 4. The molecule has 2 unspecified atom stereocenters. The number of nitrogens with zero attached hydrogens (tertiary/aromatic N) is 2. The average molecular weight is 365 g/mol. The minimum atomic E-state index is -0.0406. The van der Waals surface area contributed by atoms with Gasteiger partial charge in [-0.2, -0.15) is 0 Å². The highest BCUT2D eigenvalue weighted by Gasteiger charge is 2.28. The Bertz CT molecular complexity index is 614. The number of amides is 2. The molecule has 1 aliphatic heterocycles. The number of piperazine rings is 1. The van der Waals surface area contributed by atoms with Gasteiger partial charge < -0.3 is 20.9 Å². The van der Waals surface area contributed by atoms with Crippen LogP contribution in [0.25, 0.3) is 0 Å². The van der Waals surface area contributed by atoms with Crippen molar-refractivity contribution in [2.75, 3.05) is 37.6 Å². The van der Waals surface area contributed by atoms with Crippen LogP contribution >= 0.6 is 11.6 Å². The molecule has 0 radical (unpaired) electrons. The van der Waals surface area contributed by atoms with E-state index >= 15 is 0 Å². The molecule has 25 heavy (non-hydrogen) atoms. The average Bonchev–Trinajstić information content (AvgIpc) is 3.07. The molecule has 3 rings (SSSR count). The molecule has 0 bridgehead atoms. The number of benzene rings is 1. The highest BCUT2D eigenvalue weighted by Crippen LogP contribution is 2.24. The van der Waals surface area contributed by atoms with Gasteiger partial charge in [0, 0.05) is 48.8 Å².